The molecule has 4 heteroatoms. The van der Waals surface area contributed by atoms with Crippen LogP contribution in [0.5, 0.6) is 0 Å². The number of nitrogens with zero attached hydrogens (tertiary/aromatic N) is 1. The number of benzene rings is 1. The van der Waals surface area contributed by atoms with Gasteiger partial charge in [-0.1, -0.05) is 18.2 Å². The van der Waals surface area contributed by atoms with E-state index in [1.165, 1.54) is 17.0 Å². The number of hydrogen-bond acceptors (Lipinski definition) is 1. The largest absolute Gasteiger partial charge is 0.335 e. The van der Waals surface area contributed by atoms with Crippen molar-refractivity contribution in [2.45, 2.75) is 13.8 Å². The minimum absolute atomic E-state index is 0.242. The average Bonchev–Trinajstić information content (AvgIpc) is 2.28. The second kappa shape index (κ2) is 5.57. The van der Waals surface area contributed by atoms with E-state index in [0.717, 1.165) is 11.6 Å². The van der Waals surface area contributed by atoms with Crippen molar-refractivity contribution in [1.82, 2.24) is 4.90 Å². The van der Waals surface area contributed by atoms with Crippen molar-refractivity contribution in [1.29, 1.82) is 0 Å². The third-order valence-corrected chi connectivity index (χ3v) is 2.31. The zero-order chi connectivity index (χ0) is 13.0. The molecule has 0 saturated heterocycles. The van der Waals surface area contributed by atoms with Crippen LogP contribution in [0.15, 0.2) is 30.4 Å². The monoisotopic (exact) mass is 239 g/mol. The van der Waals surface area contributed by atoms with Gasteiger partial charge in [-0.05, 0) is 26.0 Å². The Balaban J connectivity index is 3.02. The summed E-state index contributed by atoms with van der Waals surface area (Å²) in [5, 5.41) is 0. The predicted octanol–water partition coefficient (Wildman–Crippen LogP) is 3.00. The predicted molar refractivity (Wildman–Crippen MR) is 62.7 cm³/mol. The summed E-state index contributed by atoms with van der Waals surface area (Å²) < 4.78 is 26.4. The van der Waals surface area contributed by atoms with Crippen molar-refractivity contribution in [3.63, 3.8) is 0 Å². The molecule has 92 valence electrons. The SMILES string of the molecule is C=C(C)CN(CC)C(=O)c1cccc(F)c1F. The molecule has 0 aromatic heterocycles. The van der Waals surface area contributed by atoms with Crippen molar-refractivity contribution in [2.24, 2.45) is 0 Å². The van der Waals surface area contributed by atoms with E-state index in [9.17, 15) is 13.6 Å². The third kappa shape index (κ3) is 3.12. The minimum atomic E-state index is -1.10. The highest BCUT2D eigenvalue weighted by molar-refractivity contribution is 5.94. The summed E-state index contributed by atoms with van der Waals surface area (Å²) >= 11 is 0. The van der Waals surface area contributed by atoms with E-state index in [4.69, 9.17) is 0 Å². The fraction of sp³-hybridized carbons (Fsp3) is 0.308. The van der Waals surface area contributed by atoms with Crippen LogP contribution < -0.4 is 0 Å². The molecular formula is C13H15F2NO. The van der Waals surface area contributed by atoms with Crippen LogP contribution in [-0.2, 0) is 0 Å². The van der Waals surface area contributed by atoms with Crippen molar-refractivity contribution >= 4 is 5.91 Å². The number of likely N-dealkylation sites (N-methyl/N-ethyl adjacent to an activating group) is 1. The van der Waals surface area contributed by atoms with Crippen LogP contribution in [0.4, 0.5) is 8.78 Å². The van der Waals surface area contributed by atoms with Crippen LogP contribution >= 0.6 is 0 Å². The zero-order valence-corrected chi connectivity index (χ0v) is 9.96. The van der Waals surface area contributed by atoms with E-state index in [-0.39, 0.29) is 5.56 Å². The van der Waals surface area contributed by atoms with Crippen molar-refractivity contribution in [3.05, 3.63) is 47.5 Å². The maximum absolute atomic E-state index is 13.4. The summed E-state index contributed by atoms with van der Waals surface area (Å²) in [7, 11) is 0. The van der Waals surface area contributed by atoms with Gasteiger partial charge in [0.05, 0.1) is 5.56 Å². The Kier molecular flexibility index (Phi) is 4.37. The van der Waals surface area contributed by atoms with Crippen LogP contribution in [0.25, 0.3) is 0 Å². The maximum atomic E-state index is 13.4. The first kappa shape index (κ1) is 13.4. The molecule has 0 radical (unpaired) electrons. The highest BCUT2D eigenvalue weighted by atomic mass is 19.2. The molecule has 0 N–H and O–H groups in total. The van der Waals surface area contributed by atoms with Gasteiger partial charge in [-0.15, -0.1) is 0 Å². The lowest BCUT2D eigenvalue weighted by Crippen LogP contribution is -2.32. The first-order chi connectivity index (χ1) is 7.97. The molecule has 0 heterocycles. The second-order valence-electron chi connectivity index (χ2n) is 3.88. The highest BCUT2D eigenvalue weighted by Gasteiger charge is 2.19. The normalized spacial score (nSPS) is 10.1. The first-order valence-corrected chi connectivity index (χ1v) is 5.35. The number of rotatable bonds is 4. The summed E-state index contributed by atoms with van der Waals surface area (Å²) in [6.45, 7) is 8.01. The summed E-state index contributed by atoms with van der Waals surface area (Å²) in [5.41, 5.74) is 0.546. The highest BCUT2D eigenvalue weighted by Crippen LogP contribution is 2.14. The molecule has 0 fully saturated rings. The smallest absolute Gasteiger partial charge is 0.257 e. The Morgan fingerprint density at radius 2 is 2.06 bits per heavy atom. The van der Waals surface area contributed by atoms with Gasteiger partial charge in [0.2, 0.25) is 0 Å². The third-order valence-electron chi connectivity index (χ3n) is 2.31. The fourth-order valence-corrected chi connectivity index (χ4v) is 1.49. The summed E-state index contributed by atoms with van der Waals surface area (Å²) in [5.74, 6) is -2.63. The Morgan fingerprint density at radius 3 is 2.59 bits per heavy atom. The molecule has 1 amide bonds. The molecule has 1 aromatic rings. The van der Waals surface area contributed by atoms with Gasteiger partial charge in [0, 0.05) is 13.1 Å². The lowest BCUT2D eigenvalue weighted by molar-refractivity contribution is 0.0772. The van der Waals surface area contributed by atoms with Gasteiger partial charge in [0.15, 0.2) is 11.6 Å². The summed E-state index contributed by atoms with van der Waals surface area (Å²) in [6.07, 6.45) is 0. The first-order valence-electron chi connectivity index (χ1n) is 5.35. The molecule has 1 aromatic carbocycles. The summed E-state index contributed by atoms with van der Waals surface area (Å²) in [4.78, 5) is 13.4. The average molecular weight is 239 g/mol. The van der Waals surface area contributed by atoms with E-state index in [1.54, 1.807) is 13.8 Å². The van der Waals surface area contributed by atoms with Gasteiger partial charge in [-0.25, -0.2) is 8.78 Å². The van der Waals surface area contributed by atoms with E-state index < -0.39 is 17.5 Å². The number of carbonyl (C=O) groups excluding carboxylic acids is 1. The standard InChI is InChI=1S/C13H15F2NO/c1-4-16(8-9(2)3)13(17)10-6-5-7-11(14)12(10)15/h5-7H,2,4,8H2,1,3H3. The van der Waals surface area contributed by atoms with Gasteiger partial charge in [0.1, 0.15) is 0 Å². The fourth-order valence-electron chi connectivity index (χ4n) is 1.49. The van der Waals surface area contributed by atoms with Crippen LogP contribution in [-0.4, -0.2) is 23.9 Å². The van der Waals surface area contributed by atoms with Crippen molar-refractivity contribution in [2.75, 3.05) is 13.1 Å². The van der Waals surface area contributed by atoms with E-state index >= 15 is 0 Å². The van der Waals surface area contributed by atoms with Gasteiger partial charge in [0.25, 0.3) is 5.91 Å². The van der Waals surface area contributed by atoms with Gasteiger partial charge < -0.3 is 4.90 Å². The molecule has 0 atom stereocenters. The maximum Gasteiger partial charge on any atom is 0.257 e. The number of hydrogen-bond donors (Lipinski definition) is 0. The zero-order valence-electron chi connectivity index (χ0n) is 9.96. The molecule has 17 heavy (non-hydrogen) atoms. The summed E-state index contributed by atoms with van der Waals surface area (Å²) in [6, 6.07) is 3.59. The molecule has 2 nitrogen and oxygen atoms in total. The topological polar surface area (TPSA) is 20.3 Å². The van der Waals surface area contributed by atoms with Crippen molar-refractivity contribution in [3.8, 4) is 0 Å². The molecule has 0 unspecified atom stereocenters. The van der Waals surface area contributed by atoms with Crippen LogP contribution in [0.2, 0.25) is 0 Å². The molecule has 0 aliphatic carbocycles. The molecule has 0 bridgehead atoms. The van der Waals surface area contributed by atoms with Crippen LogP contribution in [0, 0.1) is 11.6 Å². The van der Waals surface area contributed by atoms with E-state index in [1.807, 2.05) is 0 Å². The lowest BCUT2D eigenvalue weighted by atomic mass is 10.1. The quantitative estimate of drug-likeness (QED) is 0.740. The number of amides is 1. The molecule has 0 aliphatic heterocycles. The molecule has 1 rings (SSSR count). The minimum Gasteiger partial charge on any atom is -0.335 e. The number of carbonyl (C=O) groups is 1. The Labute approximate surface area is 99.5 Å². The molecular weight excluding hydrogens is 224 g/mol. The molecule has 0 aliphatic rings. The van der Waals surface area contributed by atoms with Gasteiger partial charge in [-0.3, -0.25) is 4.79 Å². The Morgan fingerprint density at radius 1 is 1.41 bits per heavy atom. The second-order valence-corrected chi connectivity index (χ2v) is 3.88. The Bertz CT molecular complexity index is 443. The lowest BCUT2D eigenvalue weighted by Gasteiger charge is -2.21. The van der Waals surface area contributed by atoms with Gasteiger partial charge >= 0.3 is 0 Å². The van der Waals surface area contributed by atoms with Crippen LogP contribution in [0.1, 0.15) is 24.2 Å². The van der Waals surface area contributed by atoms with Crippen molar-refractivity contribution < 1.29 is 13.6 Å². The molecule has 0 saturated carbocycles. The van der Waals surface area contributed by atoms with E-state index in [0.29, 0.717) is 13.1 Å². The van der Waals surface area contributed by atoms with Crippen LogP contribution in [0.3, 0.4) is 0 Å². The molecule has 0 spiro atoms. The number of halogens is 2. The van der Waals surface area contributed by atoms with E-state index in [2.05, 4.69) is 6.58 Å². The Hall–Kier alpha value is -1.71. The van der Waals surface area contributed by atoms with Gasteiger partial charge in [-0.2, -0.15) is 0 Å².